The minimum Gasteiger partial charge on any atom is -0.381 e. The summed E-state index contributed by atoms with van der Waals surface area (Å²) in [6.07, 6.45) is 6.72. The molecule has 0 aromatic carbocycles. The molecule has 1 aliphatic heterocycles. The second kappa shape index (κ2) is 4.73. The van der Waals surface area contributed by atoms with E-state index < -0.39 is 0 Å². The number of ether oxygens (including phenoxy) is 1. The summed E-state index contributed by atoms with van der Waals surface area (Å²) in [6, 6.07) is 0. The van der Waals surface area contributed by atoms with Gasteiger partial charge in [-0.3, -0.25) is 0 Å². The maximum atomic E-state index is 5.37. The molecule has 1 nitrogen and oxygen atoms in total. The molecule has 1 heterocycles. The predicted molar refractivity (Wildman–Crippen MR) is 43.1 cm³/mol. The maximum Gasteiger partial charge on any atom is 0.0468 e. The Bertz CT molecular complexity index is 72.8. The van der Waals surface area contributed by atoms with E-state index in [1.807, 2.05) is 0 Å². The molecular weight excluding hydrogens is 124 g/mol. The third kappa shape index (κ3) is 2.70. The van der Waals surface area contributed by atoms with Crippen LogP contribution in [0.5, 0.6) is 0 Å². The fraction of sp³-hybridized carbons (Fsp3) is 1.00. The van der Waals surface area contributed by atoms with E-state index in [0.29, 0.717) is 0 Å². The van der Waals surface area contributed by atoms with Gasteiger partial charge in [0, 0.05) is 13.2 Å². The van der Waals surface area contributed by atoms with Crippen molar-refractivity contribution in [3.63, 3.8) is 0 Å². The van der Waals surface area contributed by atoms with E-state index in [9.17, 15) is 0 Å². The van der Waals surface area contributed by atoms with Crippen molar-refractivity contribution in [2.24, 2.45) is 5.92 Å². The first-order valence-corrected chi connectivity index (χ1v) is 4.51. The van der Waals surface area contributed by atoms with Crippen LogP contribution in [0.4, 0.5) is 0 Å². The van der Waals surface area contributed by atoms with Gasteiger partial charge in [-0.25, -0.2) is 0 Å². The first-order valence-electron chi connectivity index (χ1n) is 4.51. The fourth-order valence-corrected chi connectivity index (χ4v) is 1.67. The van der Waals surface area contributed by atoms with Gasteiger partial charge in [0.15, 0.2) is 0 Å². The summed E-state index contributed by atoms with van der Waals surface area (Å²) >= 11 is 0. The molecule has 1 rings (SSSR count). The van der Waals surface area contributed by atoms with E-state index in [0.717, 1.165) is 19.1 Å². The summed E-state index contributed by atoms with van der Waals surface area (Å²) in [5, 5.41) is 0. The molecule has 1 fully saturated rings. The second-order valence-corrected chi connectivity index (χ2v) is 3.20. The van der Waals surface area contributed by atoms with Crippen LogP contribution in [0.3, 0.4) is 0 Å². The lowest BCUT2D eigenvalue weighted by molar-refractivity contribution is 0.141. The summed E-state index contributed by atoms with van der Waals surface area (Å²) < 4.78 is 5.37. The predicted octanol–water partition coefficient (Wildman–Crippen LogP) is 2.60. The van der Waals surface area contributed by atoms with Crippen LogP contribution in [0.1, 0.15) is 39.0 Å². The van der Waals surface area contributed by atoms with Gasteiger partial charge < -0.3 is 4.74 Å². The van der Waals surface area contributed by atoms with E-state index in [4.69, 9.17) is 4.74 Å². The Morgan fingerprint density at radius 1 is 1.30 bits per heavy atom. The molecule has 1 atom stereocenters. The van der Waals surface area contributed by atoms with Gasteiger partial charge >= 0.3 is 0 Å². The van der Waals surface area contributed by atoms with Gasteiger partial charge in [-0.15, -0.1) is 0 Å². The van der Waals surface area contributed by atoms with E-state index in [1.54, 1.807) is 0 Å². The van der Waals surface area contributed by atoms with Crippen LogP contribution in [0.2, 0.25) is 0 Å². The van der Waals surface area contributed by atoms with Gasteiger partial charge in [0.1, 0.15) is 0 Å². The smallest absolute Gasteiger partial charge is 0.0468 e. The molecule has 0 aromatic heterocycles. The van der Waals surface area contributed by atoms with Gasteiger partial charge in [-0.1, -0.05) is 19.8 Å². The summed E-state index contributed by atoms with van der Waals surface area (Å²) in [4.78, 5) is 0. The largest absolute Gasteiger partial charge is 0.381 e. The molecule has 0 N–H and O–H groups in total. The Balaban J connectivity index is 2.15. The zero-order chi connectivity index (χ0) is 7.23. The normalized spacial score (nSPS) is 27.9. The molecule has 1 saturated heterocycles. The first kappa shape index (κ1) is 8.06. The molecule has 0 bridgehead atoms. The average Bonchev–Trinajstić information content (AvgIpc) is 2.17. The molecule has 0 aliphatic carbocycles. The van der Waals surface area contributed by atoms with Crippen molar-refractivity contribution in [2.45, 2.75) is 39.0 Å². The van der Waals surface area contributed by atoms with Crippen LogP contribution < -0.4 is 0 Å². The van der Waals surface area contributed by atoms with Crippen molar-refractivity contribution >= 4 is 0 Å². The molecule has 60 valence electrons. The zero-order valence-corrected chi connectivity index (χ0v) is 6.94. The Kier molecular flexibility index (Phi) is 3.81. The summed E-state index contributed by atoms with van der Waals surface area (Å²) in [5.74, 6) is 0.965. The lowest BCUT2D eigenvalue weighted by atomic mass is 9.96. The average molecular weight is 142 g/mol. The lowest BCUT2D eigenvalue weighted by Crippen LogP contribution is -1.99. The highest BCUT2D eigenvalue weighted by molar-refractivity contribution is 4.61. The van der Waals surface area contributed by atoms with Crippen LogP contribution in [-0.2, 0) is 4.74 Å². The molecule has 0 amide bonds. The Hall–Kier alpha value is -0.0400. The van der Waals surface area contributed by atoms with Crippen LogP contribution in [-0.4, -0.2) is 13.2 Å². The highest BCUT2D eigenvalue weighted by Crippen LogP contribution is 2.20. The second-order valence-electron chi connectivity index (χ2n) is 3.20. The molecule has 0 spiro atoms. The monoisotopic (exact) mass is 142 g/mol. The van der Waals surface area contributed by atoms with Crippen molar-refractivity contribution in [3.8, 4) is 0 Å². The van der Waals surface area contributed by atoms with Crippen molar-refractivity contribution < 1.29 is 4.74 Å². The summed E-state index contributed by atoms with van der Waals surface area (Å²) in [6.45, 7) is 4.27. The van der Waals surface area contributed by atoms with E-state index >= 15 is 0 Å². The van der Waals surface area contributed by atoms with Gasteiger partial charge in [0.25, 0.3) is 0 Å². The van der Waals surface area contributed by atoms with Crippen LogP contribution in [0.25, 0.3) is 0 Å². The molecule has 1 aliphatic rings. The Labute approximate surface area is 63.8 Å². The molecule has 1 heteroatoms. The minimum atomic E-state index is 0.965. The number of hydrogen-bond donors (Lipinski definition) is 0. The van der Waals surface area contributed by atoms with Crippen LogP contribution in [0, 0.1) is 5.92 Å². The molecule has 0 saturated carbocycles. The fourth-order valence-electron chi connectivity index (χ4n) is 1.67. The standard InChI is InChI=1S/C9H18O/c1-2-4-9-5-3-7-10-8-6-9/h9H,2-8H2,1H3. The van der Waals surface area contributed by atoms with Crippen molar-refractivity contribution in [2.75, 3.05) is 13.2 Å². The van der Waals surface area contributed by atoms with E-state index in [-0.39, 0.29) is 0 Å². The SMILES string of the molecule is CCCC1CCCOCC1. The maximum absolute atomic E-state index is 5.37. The lowest BCUT2D eigenvalue weighted by Gasteiger charge is -2.10. The number of hydrogen-bond acceptors (Lipinski definition) is 1. The quantitative estimate of drug-likeness (QED) is 0.576. The molecule has 0 aromatic rings. The molecular formula is C9H18O. The number of rotatable bonds is 2. The van der Waals surface area contributed by atoms with Crippen molar-refractivity contribution in [3.05, 3.63) is 0 Å². The molecule has 10 heavy (non-hydrogen) atoms. The topological polar surface area (TPSA) is 9.23 Å². The third-order valence-corrected chi connectivity index (χ3v) is 2.27. The Morgan fingerprint density at radius 3 is 3.00 bits per heavy atom. The summed E-state index contributed by atoms with van der Waals surface area (Å²) in [7, 11) is 0. The van der Waals surface area contributed by atoms with Crippen molar-refractivity contribution in [1.29, 1.82) is 0 Å². The highest BCUT2D eigenvalue weighted by atomic mass is 16.5. The summed E-state index contributed by atoms with van der Waals surface area (Å²) in [5.41, 5.74) is 0. The minimum absolute atomic E-state index is 0.965. The van der Waals surface area contributed by atoms with Crippen LogP contribution in [0.15, 0.2) is 0 Å². The first-order chi connectivity index (χ1) is 4.93. The van der Waals surface area contributed by atoms with E-state index in [2.05, 4.69) is 6.92 Å². The molecule has 0 radical (unpaired) electrons. The van der Waals surface area contributed by atoms with Gasteiger partial charge in [-0.2, -0.15) is 0 Å². The van der Waals surface area contributed by atoms with Gasteiger partial charge in [-0.05, 0) is 25.2 Å². The van der Waals surface area contributed by atoms with Gasteiger partial charge in [0.2, 0.25) is 0 Å². The highest BCUT2D eigenvalue weighted by Gasteiger charge is 2.10. The van der Waals surface area contributed by atoms with Crippen LogP contribution >= 0.6 is 0 Å². The zero-order valence-electron chi connectivity index (χ0n) is 6.94. The van der Waals surface area contributed by atoms with E-state index in [1.165, 1.54) is 32.1 Å². The third-order valence-electron chi connectivity index (χ3n) is 2.27. The molecule has 1 unspecified atom stereocenters. The Morgan fingerprint density at radius 2 is 2.20 bits per heavy atom. The van der Waals surface area contributed by atoms with Crippen molar-refractivity contribution in [1.82, 2.24) is 0 Å². The van der Waals surface area contributed by atoms with Gasteiger partial charge in [0.05, 0.1) is 0 Å².